The first-order chi connectivity index (χ1) is 10.1. The SMILES string of the molecule is Cn1ncc2c(Oc3ccc(Br)cc3)c(C(=O)O)cnc21. The molecule has 0 aliphatic carbocycles. The molecule has 0 aliphatic rings. The van der Waals surface area contributed by atoms with Crippen LogP contribution in [0.1, 0.15) is 10.4 Å². The summed E-state index contributed by atoms with van der Waals surface area (Å²) < 4.78 is 8.23. The summed E-state index contributed by atoms with van der Waals surface area (Å²) in [5.41, 5.74) is 0.561. The Kier molecular flexibility index (Phi) is 3.34. The second kappa shape index (κ2) is 5.17. The molecule has 0 fully saturated rings. The third-order valence-corrected chi connectivity index (χ3v) is 3.51. The van der Waals surface area contributed by atoms with E-state index in [1.54, 1.807) is 30.1 Å². The fourth-order valence-electron chi connectivity index (χ4n) is 1.96. The fourth-order valence-corrected chi connectivity index (χ4v) is 2.22. The van der Waals surface area contributed by atoms with Crippen LogP contribution in [0.2, 0.25) is 0 Å². The molecule has 0 spiro atoms. The van der Waals surface area contributed by atoms with E-state index < -0.39 is 5.97 Å². The molecule has 3 rings (SSSR count). The van der Waals surface area contributed by atoms with Gasteiger partial charge in [0, 0.05) is 17.7 Å². The van der Waals surface area contributed by atoms with Crippen molar-refractivity contribution in [2.75, 3.05) is 0 Å². The molecule has 0 bridgehead atoms. The van der Waals surface area contributed by atoms with Crippen LogP contribution >= 0.6 is 15.9 Å². The predicted octanol–water partition coefficient (Wildman–Crippen LogP) is 3.22. The van der Waals surface area contributed by atoms with Gasteiger partial charge >= 0.3 is 5.97 Å². The molecule has 0 atom stereocenters. The normalized spacial score (nSPS) is 10.8. The number of nitrogens with zero attached hydrogens (tertiary/aromatic N) is 3. The molecule has 2 aromatic heterocycles. The van der Waals surface area contributed by atoms with Crippen LogP contribution in [-0.2, 0) is 7.05 Å². The number of pyridine rings is 1. The van der Waals surface area contributed by atoms with Crippen molar-refractivity contribution in [3.8, 4) is 11.5 Å². The van der Waals surface area contributed by atoms with E-state index in [1.807, 2.05) is 12.1 Å². The maximum absolute atomic E-state index is 11.4. The second-order valence-corrected chi connectivity index (χ2v) is 5.28. The summed E-state index contributed by atoms with van der Waals surface area (Å²) in [6.07, 6.45) is 2.82. The zero-order chi connectivity index (χ0) is 15.0. The van der Waals surface area contributed by atoms with E-state index in [0.717, 1.165) is 4.47 Å². The molecule has 6 nitrogen and oxygen atoms in total. The quantitative estimate of drug-likeness (QED) is 0.786. The van der Waals surface area contributed by atoms with Crippen LogP contribution in [0.3, 0.4) is 0 Å². The van der Waals surface area contributed by atoms with Crippen LogP contribution in [-0.4, -0.2) is 25.8 Å². The number of ether oxygens (including phenoxy) is 1. The lowest BCUT2D eigenvalue weighted by atomic mass is 10.2. The van der Waals surface area contributed by atoms with Crippen molar-refractivity contribution in [2.45, 2.75) is 0 Å². The number of carbonyl (C=O) groups is 1. The lowest BCUT2D eigenvalue weighted by Gasteiger charge is -2.09. The molecule has 21 heavy (non-hydrogen) atoms. The van der Waals surface area contributed by atoms with Gasteiger partial charge in [0.15, 0.2) is 11.4 Å². The number of hydrogen-bond donors (Lipinski definition) is 1. The number of aryl methyl sites for hydroxylation is 1. The van der Waals surface area contributed by atoms with Gasteiger partial charge in [-0.15, -0.1) is 0 Å². The Morgan fingerprint density at radius 2 is 2.00 bits per heavy atom. The maximum atomic E-state index is 11.4. The Balaban J connectivity index is 2.16. The van der Waals surface area contributed by atoms with Gasteiger partial charge in [-0.1, -0.05) is 15.9 Å². The molecule has 0 saturated carbocycles. The first-order valence-electron chi connectivity index (χ1n) is 6.03. The van der Waals surface area contributed by atoms with Gasteiger partial charge in [-0.2, -0.15) is 5.10 Å². The second-order valence-electron chi connectivity index (χ2n) is 4.37. The smallest absolute Gasteiger partial charge is 0.341 e. The molecule has 0 aliphatic heterocycles. The third kappa shape index (κ3) is 2.47. The Morgan fingerprint density at radius 3 is 2.67 bits per heavy atom. The summed E-state index contributed by atoms with van der Waals surface area (Å²) in [4.78, 5) is 15.5. The highest BCUT2D eigenvalue weighted by molar-refractivity contribution is 9.10. The third-order valence-electron chi connectivity index (χ3n) is 2.98. The first kappa shape index (κ1) is 13.6. The summed E-state index contributed by atoms with van der Waals surface area (Å²) in [5.74, 6) is -0.319. The van der Waals surface area contributed by atoms with Gasteiger partial charge in [0.1, 0.15) is 11.3 Å². The Hall–Kier alpha value is -2.41. The molecule has 0 unspecified atom stereocenters. The molecule has 0 saturated heterocycles. The minimum absolute atomic E-state index is 0.00146. The van der Waals surface area contributed by atoms with Gasteiger partial charge in [-0.3, -0.25) is 4.68 Å². The monoisotopic (exact) mass is 347 g/mol. The Labute approximate surface area is 128 Å². The fraction of sp³-hybridized carbons (Fsp3) is 0.0714. The summed E-state index contributed by atoms with van der Waals surface area (Å²) in [6.45, 7) is 0. The van der Waals surface area contributed by atoms with Gasteiger partial charge < -0.3 is 9.84 Å². The highest BCUT2D eigenvalue weighted by Gasteiger charge is 2.19. The highest BCUT2D eigenvalue weighted by atomic mass is 79.9. The van der Waals surface area contributed by atoms with Crippen LogP contribution < -0.4 is 4.74 Å². The lowest BCUT2D eigenvalue weighted by molar-refractivity contribution is 0.0694. The number of aromatic nitrogens is 3. The van der Waals surface area contributed by atoms with E-state index in [1.165, 1.54) is 6.20 Å². The number of carboxylic acids is 1. The minimum Gasteiger partial charge on any atom is -0.477 e. The van der Waals surface area contributed by atoms with Crippen molar-refractivity contribution in [3.05, 3.63) is 46.7 Å². The Bertz CT molecular complexity index is 827. The molecule has 1 N–H and O–H groups in total. The van der Waals surface area contributed by atoms with Crippen LogP contribution in [0.25, 0.3) is 11.0 Å². The minimum atomic E-state index is -1.10. The molecule has 7 heteroatoms. The average molecular weight is 348 g/mol. The van der Waals surface area contributed by atoms with Crippen molar-refractivity contribution in [1.82, 2.24) is 14.8 Å². The van der Waals surface area contributed by atoms with Crippen molar-refractivity contribution in [3.63, 3.8) is 0 Å². The largest absolute Gasteiger partial charge is 0.477 e. The number of halogens is 1. The van der Waals surface area contributed by atoms with Crippen molar-refractivity contribution in [1.29, 1.82) is 0 Å². The van der Waals surface area contributed by atoms with E-state index >= 15 is 0 Å². The number of fused-ring (bicyclic) bond motifs is 1. The zero-order valence-corrected chi connectivity index (χ0v) is 12.5. The van der Waals surface area contributed by atoms with E-state index in [-0.39, 0.29) is 11.3 Å². The van der Waals surface area contributed by atoms with Crippen LogP contribution in [0, 0.1) is 0 Å². The van der Waals surface area contributed by atoms with E-state index in [2.05, 4.69) is 26.0 Å². The van der Waals surface area contributed by atoms with Gasteiger partial charge in [0.2, 0.25) is 0 Å². The van der Waals surface area contributed by atoms with Crippen LogP contribution in [0.4, 0.5) is 0 Å². The Morgan fingerprint density at radius 1 is 1.29 bits per heavy atom. The van der Waals surface area contributed by atoms with Crippen LogP contribution in [0.5, 0.6) is 11.5 Å². The molecule has 1 aromatic carbocycles. The lowest BCUT2D eigenvalue weighted by Crippen LogP contribution is -2.02. The summed E-state index contributed by atoms with van der Waals surface area (Å²) in [6, 6.07) is 7.13. The number of rotatable bonds is 3. The number of hydrogen-bond acceptors (Lipinski definition) is 4. The molecule has 0 radical (unpaired) electrons. The molecular formula is C14H10BrN3O3. The number of aromatic carboxylic acids is 1. The number of benzene rings is 1. The molecule has 106 valence electrons. The van der Waals surface area contributed by atoms with E-state index in [9.17, 15) is 9.90 Å². The highest BCUT2D eigenvalue weighted by Crippen LogP contribution is 2.32. The summed E-state index contributed by atoms with van der Waals surface area (Å²) in [7, 11) is 1.74. The average Bonchev–Trinajstić information content (AvgIpc) is 2.83. The predicted molar refractivity (Wildman–Crippen MR) is 79.7 cm³/mol. The van der Waals surface area contributed by atoms with Gasteiger partial charge in [0.05, 0.1) is 11.6 Å². The van der Waals surface area contributed by atoms with Gasteiger partial charge in [-0.25, -0.2) is 9.78 Å². The molecular weight excluding hydrogens is 338 g/mol. The summed E-state index contributed by atoms with van der Waals surface area (Å²) >= 11 is 3.34. The van der Waals surface area contributed by atoms with Crippen LogP contribution in [0.15, 0.2) is 41.1 Å². The standard InChI is InChI=1S/C14H10BrN3O3/c1-18-13-10(7-17-18)12(11(6-16-13)14(19)20)21-9-4-2-8(15)3-5-9/h2-7H,1H3,(H,19,20). The zero-order valence-electron chi connectivity index (χ0n) is 10.9. The number of carboxylic acid groups (broad SMARTS) is 1. The van der Waals surface area contributed by atoms with Crippen molar-refractivity contribution in [2.24, 2.45) is 7.05 Å². The van der Waals surface area contributed by atoms with Gasteiger partial charge in [0.25, 0.3) is 0 Å². The molecule has 0 amide bonds. The first-order valence-corrected chi connectivity index (χ1v) is 6.83. The summed E-state index contributed by atoms with van der Waals surface area (Å²) in [5, 5.41) is 13.9. The maximum Gasteiger partial charge on any atom is 0.341 e. The molecule has 3 aromatic rings. The van der Waals surface area contributed by atoms with E-state index in [4.69, 9.17) is 4.74 Å². The van der Waals surface area contributed by atoms with Crippen molar-refractivity contribution >= 4 is 32.9 Å². The van der Waals surface area contributed by atoms with Gasteiger partial charge in [-0.05, 0) is 24.3 Å². The van der Waals surface area contributed by atoms with Crippen molar-refractivity contribution < 1.29 is 14.6 Å². The topological polar surface area (TPSA) is 77.2 Å². The molecule has 2 heterocycles. The van der Waals surface area contributed by atoms with E-state index in [0.29, 0.717) is 16.8 Å².